The van der Waals surface area contributed by atoms with Crippen LogP contribution in [-0.4, -0.2) is 0 Å². The standard InChI is InChI=1S/C14H13BrFIN2/c1-8-2-3-9(6-13(8)16)14(19-18)11-7-10(17)4-5-12(11)15/h2-7,14,19H,18H2,1H3. The van der Waals surface area contributed by atoms with Gasteiger partial charge in [0, 0.05) is 8.04 Å². The first kappa shape index (κ1) is 14.9. The summed E-state index contributed by atoms with van der Waals surface area (Å²) in [7, 11) is 0. The van der Waals surface area contributed by atoms with Crippen LogP contribution < -0.4 is 11.3 Å². The number of aryl methyl sites for hydroxylation is 1. The highest BCUT2D eigenvalue weighted by atomic mass is 127. The van der Waals surface area contributed by atoms with Crippen molar-refractivity contribution in [3.05, 3.63) is 66.9 Å². The second-order valence-corrected chi connectivity index (χ2v) is 6.37. The molecule has 0 bridgehead atoms. The smallest absolute Gasteiger partial charge is 0.126 e. The minimum Gasteiger partial charge on any atom is -0.271 e. The van der Waals surface area contributed by atoms with Crippen LogP contribution in [0, 0.1) is 16.3 Å². The lowest BCUT2D eigenvalue weighted by Crippen LogP contribution is -2.29. The van der Waals surface area contributed by atoms with Gasteiger partial charge in [0.1, 0.15) is 5.82 Å². The Morgan fingerprint density at radius 2 is 2.00 bits per heavy atom. The van der Waals surface area contributed by atoms with Gasteiger partial charge in [-0.25, -0.2) is 9.82 Å². The molecule has 2 aromatic rings. The van der Waals surface area contributed by atoms with Gasteiger partial charge in [0.2, 0.25) is 0 Å². The summed E-state index contributed by atoms with van der Waals surface area (Å²) in [5, 5.41) is 0. The Morgan fingerprint density at radius 1 is 1.26 bits per heavy atom. The number of nitrogens with two attached hydrogens (primary N) is 1. The van der Waals surface area contributed by atoms with Crippen LogP contribution in [0.1, 0.15) is 22.7 Å². The van der Waals surface area contributed by atoms with E-state index in [1.807, 2.05) is 24.3 Å². The number of hydrogen-bond donors (Lipinski definition) is 2. The molecule has 19 heavy (non-hydrogen) atoms. The van der Waals surface area contributed by atoms with Crippen molar-refractivity contribution < 1.29 is 4.39 Å². The van der Waals surface area contributed by atoms with Gasteiger partial charge >= 0.3 is 0 Å². The molecule has 2 nitrogen and oxygen atoms in total. The van der Waals surface area contributed by atoms with Gasteiger partial charge in [-0.2, -0.15) is 0 Å². The molecule has 0 amide bonds. The predicted octanol–water partition coefficient (Wildman–Crippen LogP) is 4.05. The zero-order chi connectivity index (χ0) is 14.0. The van der Waals surface area contributed by atoms with Crippen LogP contribution in [0.25, 0.3) is 0 Å². The third-order valence-corrected chi connectivity index (χ3v) is 4.36. The maximum atomic E-state index is 13.7. The second-order valence-electron chi connectivity index (χ2n) is 4.27. The Labute approximate surface area is 133 Å². The first-order valence-electron chi connectivity index (χ1n) is 5.70. The fourth-order valence-electron chi connectivity index (χ4n) is 1.89. The van der Waals surface area contributed by atoms with Crippen LogP contribution in [0.2, 0.25) is 0 Å². The zero-order valence-electron chi connectivity index (χ0n) is 10.3. The molecule has 0 aromatic heterocycles. The van der Waals surface area contributed by atoms with E-state index in [0.717, 1.165) is 19.2 Å². The number of rotatable bonds is 3. The molecule has 2 aromatic carbocycles. The molecule has 3 N–H and O–H groups in total. The molecule has 5 heteroatoms. The molecule has 0 heterocycles. The van der Waals surface area contributed by atoms with Crippen molar-refractivity contribution in [2.75, 3.05) is 0 Å². The van der Waals surface area contributed by atoms with Gasteiger partial charge in [-0.15, -0.1) is 0 Å². The first-order valence-corrected chi connectivity index (χ1v) is 7.57. The highest BCUT2D eigenvalue weighted by Crippen LogP contribution is 2.30. The van der Waals surface area contributed by atoms with E-state index >= 15 is 0 Å². The van der Waals surface area contributed by atoms with E-state index in [9.17, 15) is 4.39 Å². The molecule has 0 aliphatic heterocycles. The lowest BCUT2D eigenvalue weighted by atomic mass is 9.98. The summed E-state index contributed by atoms with van der Waals surface area (Å²) in [5.41, 5.74) is 5.16. The average Bonchev–Trinajstić information content (AvgIpc) is 2.38. The van der Waals surface area contributed by atoms with E-state index in [2.05, 4.69) is 43.9 Å². The Hall–Kier alpha value is -0.500. The maximum absolute atomic E-state index is 13.7. The highest BCUT2D eigenvalue weighted by Gasteiger charge is 2.16. The van der Waals surface area contributed by atoms with Gasteiger partial charge in [0.25, 0.3) is 0 Å². The van der Waals surface area contributed by atoms with Gasteiger partial charge in [-0.1, -0.05) is 28.1 Å². The summed E-state index contributed by atoms with van der Waals surface area (Å²) in [5.74, 6) is 5.43. The minimum atomic E-state index is -0.251. The van der Waals surface area contributed by atoms with Crippen LogP contribution in [-0.2, 0) is 0 Å². The Morgan fingerprint density at radius 3 is 2.63 bits per heavy atom. The van der Waals surface area contributed by atoms with Crippen LogP contribution in [0.15, 0.2) is 40.9 Å². The summed E-state index contributed by atoms with van der Waals surface area (Å²) in [4.78, 5) is 0. The fourth-order valence-corrected chi connectivity index (χ4v) is 2.88. The monoisotopic (exact) mass is 434 g/mol. The third-order valence-electron chi connectivity index (χ3n) is 2.96. The number of halogens is 3. The van der Waals surface area contributed by atoms with E-state index in [-0.39, 0.29) is 11.9 Å². The van der Waals surface area contributed by atoms with Crippen molar-refractivity contribution in [1.29, 1.82) is 0 Å². The van der Waals surface area contributed by atoms with Crippen molar-refractivity contribution >= 4 is 38.5 Å². The average molecular weight is 435 g/mol. The second kappa shape index (κ2) is 6.30. The normalized spacial score (nSPS) is 12.5. The highest BCUT2D eigenvalue weighted by molar-refractivity contribution is 14.1. The van der Waals surface area contributed by atoms with Crippen LogP contribution in [0.3, 0.4) is 0 Å². The van der Waals surface area contributed by atoms with Crippen LogP contribution in [0.5, 0.6) is 0 Å². The van der Waals surface area contributed by atoms with Gasteiger partial charge in [0.15, 0.2) is 0 Å². The molecule has 1 unspecified atom stereocenters. The fraction of sp³-hybridized carbons (Fsp3) is 0.143. The molecule has 2 rings (SSSR count). The lowest BCUT2D eigenvalue weighted by molar-refractivity contribution is 0.598. The molecule has 0 saturated carbocycles. The molecule has 0 radical (unpaired) electrons. The van der Waals surface area contributed by atoms with Crippen LogP contribution in [0.4, 0.5) is 4.39 Å². The van der Waals surface area contributed by atoms with Gasteiger partial charge in [0.05, 0.1) is 6.04 Å². The molecular weight excluding hydrogens is 422 g/mol. The Kier molecular flexibility index (Phi) is 4.94. The first-order chi connectivity index (χ1) is 9.02. The number of nitrogens with one attached hydrogen (secondary N) is 1. The molecular formula is C14H13BrFIN2. The zero-order valence-corrected chi connectivity index (χ0v) is 14.0. The van der Waals surface area contributed by atoms with E-state index in [1.165, 1.54) is 6.07 Å². The summed E-state index contributed by atoms with van der Waals surface area (Å²) >= 11 is 5.75. The lowest BCUT2D eigenvalue weighted by Gasteiger charge is -2.19. The SMILES string of the molecule is Cc1ccc(C(NN)c2cc(I)ccc2Br)cc1F. The number of benzene rings is 2. The summed E-state index contributed by atoms with van der Waals surface area (Å²) in [6, 6.07) is 10.9. The summed E-state index contributed by atoms with van der Waals surface area (Å²) < 4.78 is 15.7. The minimum absolute atomic E-state index is 0.223. The van der Waals surface area contributed by atoms with Crippen molar-refractivity contribution in [3.63, 3.8) is 0 Å². The predicted molar refractivity (Wildman–Crippen MR) is 87.2 cm³/mol. The summed E-state index contributed by atoms with van der Waals surface area (Å²) in [6.07, 6.45) is 0. The topological polar surface area (TPSA) is 38.0 Å². The van der Waals surface area contributed by atoms with Gasteiger partial charge in [-0.3, -0.25) is 5.84 Å². The van der Waals surface area contributed by atoms with Crippen molar-refractivity contribution in [2.45, 2.75) is 13.0 Å². The third kappa shape index (κ3) is 3.34. The summed E-state index contributed by atoms with van der Waals surface area (Å²) in [6.45, 7) is 1.74. The van der Waals surface area contributed by atoms with Crippen LogP contribution >= 0.6 is 38.5 Å². The van der Waals surface area contributed by atoms with E-state index in [0.29, 0.717) is 5.56 Å². The van der Waals surface area contributed by atoms with Crippen molar-refractivity contribution in [1.82, 2.24) is 5.43 Å². The Balaban J connectivity index is 2.49. The molecule has 0 aliphatic rings. The maximum Gasteiger partial charge on any atom is 0.126 e. The quantitative estimate of drug-likeness (QED) is 0.434. The molecule has 0 spiro atoms. The molecule has 0 saturated heterocycles. The number of hydrogen-bond acceptors (Lipinski definition) is 2. The molecule has 0 aliphatic carbocycles. The van der Waals surface area contributed by atoms with E-state index in [1.54, 1.807) is 13.0 Å². The Bertz CT molecular complexity index is 604. The van der Waals surface area contributed by atoms with Gasteiger partial charge < -0.3 is 0 Å². The molecule has 0 fully saturated rings. The number of hydrazine groups is 1. The van der Waals surface area contributed by atoms with Crippen molar-refractivity contribution in [2.24, 2.45) is 5.84 Å². The van der Waals surface area contributed by atoms with E-state index < -0.39 is 0 Å². The van der Waals surface area contributed by atoms with Gasteiger partial charge in [-0.05, 0) is 70.5 Å². The van der Waals surface area contributed by atoms with E-state index in [4.69, 9.17) is 5.84 Å². The van der Waals surface area contributed by atoms with Crippen molar-refractivity contribution in [3.8, 4) is 0 Å². The molecule has 1 atom stereocenters. The largest absolute Gasteiger partial charge is 0.271 e. The molecule has 100 valence electrons.